The molecular weight excluding hydrogens is 260 g/mol. The molecule has 0 spiro atoms. The third-order valence-electron chi connectivity index (χ3n) is 4.29. The second-order valence-corrected chi connectivity index (χ2v) is 6.57. The smallest absolute Gasteiger partial charge is 0.241 e. The number of carbonyl (C=O) groups excluding carboxylic acids is 1. The second kappa shape index (κ2) is 7.08. The van der Waals surface area contributed by atoms with E-state index in [0.29, 0.717) is 0 Å². The van der Waals surface area contributed by atoms with Crippen LogP contribution in [-0.4, -0.2) is 23.4 Å². The third-order valence-corrected chi connectivity index (χ3v) is 4.29. The number of aryl methyl sites for hydroxylation is 1. The minimum Gasteiger partial charge on any atom is -0.322 e. The van der Waals surface area contributed by atoms with Crippen LogP contribution in [0.4, 0.5) is 0 Å². The fourth-order valence-corrected chi connectivity index (χ4v) is 3.00. The lowest BCUT2D eigenvalue weighted by Crippen LogP contribution is -2.32. The highest BCUT2D eigenvalue weighted by atomic mass is 16.2. The lowest BCUT2D eigenvalue weighted by atomic mass is 10.0. The molecule has 3 nitrogen and oxygen atoms in total. The maximum atomic E-state index is 12.4. The summed E-state index contributed by atoms with van der Waals surface area (Å²) in [4.78, 5) is 14.4. The maximum Gasteiger partial charge on any atom is 0.241 e. The Labute approximate surface area is 128 Å². The summed E-state index contributed by atoms with van der Waals surface area (Å²) >= 11 is 0. The van der Waals surface area contributed by atoms with Crippen molar-refractivity contribution in [3.05, 3.63) is 35.4 Å². The molecule has 1 heterocycles. The van der Waals surface area contributed by atoms with Crippen LogP contribution >= 0.6 is 0 Å². The van der Waals surface area contributed by atoms with Crippen LogP contribution in [0.1, 0.15) is 57.3 Å². The maximum absolute atomic E-state index is 12.4. The van der Waals surface area contributed by atoms with Gasteiger partial charge in [-0.2, -0.15) is 0 Å². The Balaban J connectivity index is 2.05. The molecule has 21 heavy (non-hydrogen) atoms. The molecule has 1 amide bonds. The minimum absolute atomic E-state index is 0.0350. The van der Waals surface area contributed by atoms with Crippen LogP contribution < -0.4 is 5.32 Å². The molecule has 3 heteroatoms. The van der Waals surface area contributed by atoms with Crippen molar-refractivity contribution in [1.82, 2.24) is 10.2 Å². The molecule has 116 valence electrons. The summed E-state index contributed by atoms with van der Waals surface area (Å²) in [5, 5.41) is 3.44. The molecule has 1 N–H and O–H groups in total. The van der Waals surface area contributed by atoms with E-state index in [4.69, 9.17) is 0 Å². The van der Waals surface area contributed by atoms with Crippen molar-refractivity contribution < 1.29 is 4.79 Å². The highest BCUT2D eigenvalue weighted by Crippen LogP contribution is 2.28. The van der Waals surface area contributed by atoms with Gasteiger partial charge in [-0.15, -0.1) is 0 Å². The van der Waals surface area contributed by atoms with Crippen molar-refractivity contribution in [3.63, 3.8) is 0 Å². The number of hydrogen-bond acceptors (Lipinski definition) is 2. The number of hydrogen-bond donors (Lipinski definition) is 1. The van der Waals surface area contributed by atoms with Crippen molar-refractivity contribution in [3.8, 4) is 0 Å². The van der Waals surface area contributed by atoms with Gasteiger partial charge in [0.15, 0.2) is 0 Å². The Morgan fingerprint density at radius 2 is 1.95 bits per heavy atom. The lowest BCUT2D eigenvalue weighted by molar-refractivity contribution is -0.129. The Kier molecular flexibility index (Phi) is 5.40. The number of rotatable bonds is 6. The average molecular weight is 288 g/mol. The van der Waals surface area contributed by atoms with Crippen LogP contribution in [-0.2, 0) is 4.79 Å². The molecule has 1 aliphatic rings. The molecular formula is C18H28N2O. The highest BCUT2D eigenvalue weighted by molar-refractivity contribution is 5.84. The quantitative estimate of drug-likeness (QED) is 0.811. The second-order valence-electron chi connectivity index (χ2n) is 6.57. The van der Waals surface area contributed by atoms with Gasteiger partial charge in [-0.25, -0.2) is 0 Å². The largest absolute Gasteiger partial charge is 0.322 e. The number of nitrogens with one attached hydrogen (secondary N) is 1. The first-order chi connectivity index (χ1) is 10.0. The first-order valence-electron chi connectivity index (χ1n) is 8.12. The van der Waals surface area contributed by atoms with Crippen molar-refractivity contribution >= 4 is 5.91 Å². The number of benzene rings is 1. The zero-order chi connectivity index (χ0) is 15.4. The summed E-state index contributed by atoms with van der Waals surface area (Å²) in [6.45, 7) is 9.42. The molecule has 2 atom stereocenters. The van der Waals surface area contributed by atoms with Crippen molar-refractivity contribution in [2.45, 2.75) is 59.2 Å². The van der Waals surface area contributed by atoms with Crippen LogP contribution in [0.3, 0.4) is 0 Å². The monoisotopic (exact) mass is 288 g/mol. The lowest BCUT2D eigenvalue weighted by Gasteiger charge is -2.26. The van der Waals surface area contributed by atoms with Gasteiger partial charge in [0.1, 0.15) is 6.17 Å². The number of unbranched alkanes of at least 4 members (excludes halogenated alkanes) is 1. The predicted molar refractivity (Wildman–Crippen MR) is 86.9 cm³/mol. The molecule has 1 aromatic rings. The fourth-order valence-electron chi connectivity index (χ4n) is 3.00. The molecule has 2 rings (SSSR count). The molecule has 0 bridgehead atoms. The van der Waals surface area contributed by atoms with Crippen molar-refractivity contribution in [1.29, 1.82) is 0 Å². The van der Waals surface area contributed by atoms with E-state index in [9.17, 15) is 4.79 Å². The summed E-state index contributed by atoms with van der Waals surface area (Å²) in [6.07, 6.45) is 3.55. The van der Waals surface area contributed by atoms with Crippen LogP contribution in [0.2, 0.25) is 0 Å². The Morgan fingerprint density at radius 1 is 1.24 bits per heavy atom. The SMILES string of the molecule is Cc1ccccc1C1NC(C)C(=O)N1CCCCC(C)C. The number of nitrogens with zero attached hydrogens (tertiary/aromatic N) is 1. The number of carbonyl (C=O) groups is 1. The van der Waals surface area contributed by atoms with E-state index in [1.165, 1.54) is 24.0 Å². The Morgan fingerprint density at radius 3 is 2.62 bits per heavy atom. The summed E-state index contributed by atoms with van der Waals surface area (Å²) in [5.41, 5.74) is 2.46. The first kappa shape index (κ1) is 16.0. The van der Waals surface area contributed by atoms with Crippen LogP contribution in [0.15, 0.2) is 24.3 Å². The van der Waals surface area contributed by atoms with Crippen LogP contribution in [0, 0.1) is 12.8 Å². The van der Waals surface area contributed by atoms with Gasteiger partial charge < -0.3 is 4.90 Å². The molecule has 0 saturated carbocycles. The van der Waals surface area contributed by atoms with E-state index in [2.05, 4.69) is 44.3 Å². The van der Waals surface area contributed by atoms with E-state index >= 15 is 0 Å². The zero-order valence-electron chi connectivity index (χ0n) is 13.7. The molecule has 1 aliphatic heterocycles. The van der Waals surface area contributed by atoms with E-state index in [1.54, 1.807) is 0 Å². The van der Waals surface area contributed by atoms with Gasteiger partial charge in [0.05, 0.1) is 6.04 Å². The Hall–Kier alpha value is -1.35. The van der Waals surface area contributed by atoms with Crippen LogP contribution in [0.5, 0.6) is 0 Å². The molecule has 1 aromatic carbocycles. The molecule has 0 aromatic heterocycles. The Bertz CT molecular complexity index is 484. The average Bonchev–Trinajstić information content (AvgIpc) is 2.71. The minimum atomic E-state index is -0.0836. The van der Waals surface area contributed by atoms with Crippen molar-refractivity contribution in [2.75, 3.05) is 6.54 Å². The van der Waals surface area contributed by atoms with E-state index in [1.807, 2.05) is 17.9 Å². The summed E-state index contributed by atoms with van der Waals surface area (Å²) in [6, 6.07) is 8.25. The van der Waals surface area contributed by atoms with E-state index in [0.717, 1.165) is 18.9 Å². The standard InChI is InChI=1S/C18H28N2O/c1-13(2)9-7-8-12-20-17(19-15(4)18(20)21)16-11-6-5-10-14(16)3/h5-6,10-11,13,15,17,19H,7-9,12H2,1-4H3. The van der Waals surface area contributed by atoms with Crippen molar-refractivity contribution in [2.24, 2.45) is 5.92 Å². The molecule has 2 unspecified atom stereocenters. The van der Waals surface area contributed by atoms with Gasteiger partial charge in [-0.1, -0.05) is 51.0 Å². The molecule has 0 aliphatic carbocycles. The summed E-state index contributed by atoms with van der Waals surface area (Å²) < 4.78 is 0. The van der Waals surface area contributed by atoms with Gasteiger partial charge in [-0.05, 0) is 37.3 Å². The van der Waals surface area contributed by atoms with Gasteiger partial charge in [0.25, 0.3) is 0 Å². The zero-order valence-corrected chi connectivity index (χ0v) is 13.7. The molecule has 0 radical (unpaired) electrons. The number of amides is 1. The van der Waals surface area contributed by atoms with Gasteiger partial charge in [-0.3, -0.25) is 10.1 Å². The first-order valence-corrected chi connectivity index (χ1v) is 8.12. The normalized spacial score (nSPS) is 22.3. The topological polar surface area (TPSA) is 32.3 Å². The fraction of sp³-hybridized carbons (Fsp3) is 0.611. The molecule has 1 saturated heterocycles. The van der Waals surface area contributed by atoms with E-state index in [-0.39, 0.29) is 18.1 Å². The summed E-state index contributed by atoms with van der Waals surface area (Å²) in [7, 11) is 0. The third kappa shape index (κ3) is 3.85. The van der Waals surface area contributed by atoms with Gasteiger partial charge >= 0.3 is 0 Å². The summed E-state index contributed by atoms with van der Waals surface area (Å²) in [5.74, 6) is 0.969. The molecule has 1 fully saturated rings. The van der Waals surface area contributed by atoms with Gasteiger partial charge in [0.2, 0.25) is 5.91 Å². The van der Waals surface area contributed by atoms with E-state index < -0.39 is 0 Å². The van der Waals surface area contributed by atoms with Crippen LogP contribution in [0.25, 0.3) is 0 Å². The van der Waals surface area contributed by atoms with Gasteiger partial charge in [0, 0.05) is 6.54 Å². The highest BCUT2D eigenvalue weighted by Gasteiger charge is 2.36. The predicted octanol–water partition coefficient (Wildman–Crippen LogP) is 3.64.